The van der Waals surface area contributed by atoms with E-state index in [9.17, 15) is 4.79 Å². The first-order valence-electron chi connectivity index (χ1n) is 6.94. The summed E-state index contributed by atoms with van der Waals surface area (Å²) >= 11 is 12.0. The van der Waals surface area contributed by atoms with E-state index in [1.54, 1.807) is 43.3 Å². The molecular weight excluding hydrogens is 351 g/mol. The van der Waals surface area contributed by atoms with Crippen LogP contribution in [0.15, 0.2) is 52.2 Å². The number of benzene rings is 1. The van der Waals surface area contributed by atoms with Crippen molar-refractivity contribution in [3.63, 3.8) is 0 Å². The molecular formula is C16H12Cl2N4O2. The van der Waals surface area contributed by atoms with E-state index in [0.29, 0.717) is 32.8 Å². The quantitative estimate of drug-likeness (QED) is 0.540. The average molecular weight is 363 g/mol. The Kier molecular flexibility index (Phi) is 4.69. The Hall–Kier alpha value is -2.57. The smallest absolute Gasteiger partial charge is 0.289 e. The second kappa shape index (κ2) is 6.90. The van der Waals surface area contributed by atoms with Crippen molar-refractivity contribution >= 4 is 34.8 Å². The van der Waals surface area contributed by atoms with Crippen molar-refractivity contribution in [3.8, 4) is 11.3 Å². The molecule has 3 rings (SSSR count). The highest BCUT2D eigenvalue weighted by atomic mass is 35.5. The van der Waals surface area contributed by atoms with Crippen molar-refractivity contribution in [1.29, 1.82) is 0 Å². The van der Waals surface area contributed by atoms with Crippen LogP contribution in [0.3, 0.4) is 0 Å². The fourth-order valence-electron chi connectivity index (χ4n) is 2.01. The molecule has 3 aromatic rings. The molecule has 1 aromatic carbocycles. The number of nitrogens with one attached hydrogen (secondary N) is 2. The zero-order valence-electron chi connectivity index (χ0n) is 12.5. The van der Waals surface area contributed by atoms with Gasteiger partial charge in [-0.25, -0.2) is 5.43 Å². The predicted octanol–water partition coefficient (Wildman–Crippen LogP) is 4.13. The van der Waals surface area contributed by atoms with Gasteiger partial charge in [-0.05, 0) is 43.3 Å². The lowest BCUT2D eigenvalue weighted by Crippen LogP contribution is -2.19. The number of carbonyl (C=O) groups is 1. The maximum Gasteiger partial charge on any atom is 0.289 e. The van der Waals surface area contributed by atoms with Crippen molar-refractivity contribution in [2.45, 2.75) is 6.92 Å². The predicted molar refractivity (Wildman–Crippen MR) is 92.4 cm³/mol. The van der Waals surface area contributed by atoms with E-state index in [-0.39, 0.29) is 5.69 Å². The summed E-state index contributed by atoms with van der Waals surface area (Å²) < 4.78 is 5.19. The van der Waals surface area contributed by atoms with E-state index in [1.807, 2.05) is 0 Å². The Balaban J connectivity index is 1.75. The summed E-state index contributed by atoms with van der Waals surface area (Å²) in [5.74, 6) is 0.151. The Morgan fingerprint density at radius 3 is 2.83 bits per heavy atom. The summed E-state index contributed by atoms with van der Waals surface area (Å²) in [4.78, 5) is 12.1. The number of hydrogen-bond acceptors (Lipinski definition) is 4. The zero-order chi connectivity index (χ0) is 17.1. The van der Waals surface area contributed by atoms with Crippen LogP contribution in [0.2, 0.25) is 10.0 Å². The minimum Gasteiger partial charge on any atom is -0.463 e. The monoisotopic (exact) mass is 362 g/mol. The summed E-state index contributed by atoms with van der Waals surface area (Å²) in [6.45, 7) is 1.73. The number of hydrazone groups is 1. The highest BCUT2D eigenvalue weighted by Gasteiger charge is 2.13. The highest BCUT2D eigenvalue weighted by Crippen LogP contribution is 2.29. The van der Waals surface area contributed by atoms with Crippen LogP contribution >= 0.6 is 23.2 Å². The first-order chi connectivity index (χ1) is 11.5. The number of rotatable bonds is 4. The first-order valence-corrected chi connectivity index (χ1v) is 7.69. The van der Waals surface area contributed by atoms with Crippen LogP contribution in [0, 0.1) is 0 Å². The van der Waals surface area contributed by atoms with Gasteiger partial charge in [0.2, 0.25) is 0 Å². The topological polar surface area (TPSA) is 83.3 Å². The van der Waals surface area contributed by atoms with Crippen LogP contribution in [0.4, 0.5) is 0 Å². The summed E-state index contributed by atoms with van der Waals surface area (Å²) in [5.41, 5.74) is 4.45. The molecule has 2 heterocycles. The summed E-state index contributed by atoms with van der Waals surface area (Å²) in [6, 6.07) is 10.1. The third-order valence-corrected chi connectivity index (χ3v) is 3.78. The Morgan fingerprint density at radius 2 is 2.12 bits per heavy atom. The van der Waals surface area contributed by atoms with Crippen LogP contribution < -0.4 is 5.43 Å². The average Bonchev–Trinajstić information content (AvgIpc) is 3.23. The van der Waals surface area contributed by atoms with E-state index in [2.05, 4.69) is 20.7 Å². The summed E-state index contributed by atoms with van der Waals surface area (Å²) in [5, 5.41) is 11.7. The van der Waals surface area contributed by atoms with Crippen molar-refractivity contribution in [3.05, 3.63) is 64.2 Å². The van der Waals surface area contributed by atoms with Gasteiger partial charge < -0.3 is 4.42 Å². The molecule has 0 aliphatic heterocycles. The summed E-state index contributed by atoms with van der Waals surface area (Å²) in [7, 11) is 0. The molecule has 0 fully saturated rings. The third-order valence-electron chi connectivity index (χ3n) is 3.23. The van der Waals surface area contributed by atoms with E-state index >= 15 is 0 Å². The second-order valence-electron chi connectivity index (χ2n) is 4.91. The molecule has 122 valence electrons. The van der Waals surface area contributed by atoms with E-state index in [1.165, 1.54) is 6.26 Å². The van der Waals surface area contributed by atoms with Crippen molar-refractivity contribution in [1.82, 2.24) is 15.6 Å². The number of carbonyl (C=O) groups excluding carboxylic acids is 1. The van der Waals surface area contributed by atoms with Crippen LogP contribution in [0.5, 0.6) is 0 Å². The molecule has 0 aliphatic carbocycles. The molecule has 2 aromatic heterocycles. The first kappa shape index (κ1) is 16.3. The second-order valence-corrected chi connectivity index (χ2v) is 5.75. The Morgan fingerprint density at radius 1 is 1.29 bits per heavy atom. The van der Waals surface area contributed by atoms with Gasteiger partial charge in [0.15, 0.2) is 0 Å². The fourth-order valence-corrected chi connectivity index (χ4v) is 2.51. The maximum atomic E-state index is 12.1. The van der Waals surface area contributed by atoms with E-state index < -0.39 is 5.91 Å². The minimum atomic E-state index is -0.426. The summed E-state index contributed by atoms with van der Waals surface area (Å²) in [6.07, 6.45) is 1.53. The van der Waals surface area contributed by atoms with Gasteiger partial charge >= 0.3 is 0 Å². The van der Waals surface area contributed by atoms with Crippen LogP contribution in [0.1, 0.15) is 23.2 Å². The molecule has 0 bridgehead atoms. The number of aromatic amines is 1. The van der Waals surface area contributed by atoms with Crippen LogP contribution in [0.25, 0.3) is 11.3 Å². The van der Waals surface area contributed by atoms with Gasteiger partial charge in [-0.1, -0.05) is 23.2 Å². The van der Waals surface area contributed by atoms with Crippen LogP contribution in [-0.4, -0.2) is 21.8 Å². The lowest BCUT2D eigenvalue weighted by molar-refractivity contribution is 0.0950. The van der Waals surface area contributed by atoms with Crippen molar-refractivity contribution < 1.29 is 9.21 Å². The van der Waals surface area contributed by atoms with Gasteiger partial charge in [-0.15, -0.1) is 0 Å². The molecule has 1 amide bonds. The van der Waals surface area contributed by atoms with Crippen molar-refractivity contribution in [2.24, 2.45) is 5.10 Å². The molecule has 0 saturated carbocycles. The maximum absolute atomic E-state index is 12.1. The number of hydrogen-bond donors (Lipinski definition) is 2. The molecule has 8 heteroatoms. The molecule has 0 radical (unpaired) electrons. The van der Waals surface area contributed by atoms with Gasteiger partial charge in [0.1, 0.15) is 17.2 Å². The molecule has 2 N–H and O–H groups in total. The molecule has 0 unspecified atom stereocenters. The standard InChI is InChI=1S/C16H12Cl2N4O2/c1-9(15-3-2-6-24-15)19-22-16(23)14-8-13(20-21-14)11-5-4-10(17)7-12(11)18/h2-8H,1H3,(H,20,21)(H,22,23)/b19-9+. The number of nitrogens with zero attached hydrogens (tertiary/aromatic N) is 2. The molecule has 0 spiro atoms. The van der Waals surface area contributed by atoms with Gasteiger partial charge in [-0.3, -0.25) is 9.89 Å². The molecule has 0 aliphatic rings. The number of halogens is 2. The highest BCUT2D eigenvalue weighted by molar-refractivity contribution is 6.36. The van der Waals surface area contributed by atoms with Crippen LogP contribution in [-0.2, 0) is 0 Å². The Labute approximate surface area is 147 Å². The number of furan rings is 1. The van der Waals surface area contributed by atoms with E-state index in [4.69, 9.17) is 27.6 Å². The number of H-pyrrole nitrogens is 1. The lowest BCUT2D eigenvalue weighted by atomic mass is 10.1. The molecule has 0 atom stereocenters. The number of aromatic nitrogens is 2. The normalized spacial score (nSPS) is 11.5. The fraction of sp³-hybridized carbons (Fsp3) is 0.0625. The van der Waals surface area contributed by atoms with Gasteiger partial charge in [0.05, 0.1) is 17.0 Å². The Bertz CT molecular complexity index is 901. The van der Waals surface area contributed by atoms with Gasteiger partial charge in [0.25, 0.3) is 5.91 Å². The van der Waals surface area contributed by atoms with Gasteiger partial charge in [0, 0.05) is 10.6 Å². The van der Waals surface area contributed by atoms with Gasteiger partial charge in [-0.2, -0.15) is 10.2 Å². The molecule has 24 heavy (non-hydrogen) atoms. The lowest BCUT2D eigenvalue weighted by Gasteiger charge is -2.00. The SMILES string of the molecule is C/C(=N\NC(=O)c1cc(-c2ccc(Cl)cc2Cl)n[nH]1)c1ccco1. The van der Waals surface area contributed by atoms with E-state index in [0.717, 1.165) is 0 Å². The molecule has 6 nitrogen and oxygen atoms in total. The third kappa shape index (κ3) is 3.50. The van der Waals surface area contributed by atoms with Crippen molar-refractivity contribution in [2.75, 3.05) is 0 Å². The largest absolute Gasteiger partial charge is 0.463 e. The molecule has 0 saturated heterocycles. The number of amides is 1. The minimum absolute atomic E-state index is 0.256. The zero-order valence-corrected chi connectivity index (χ0v) is 14.0.